The van der Waals surface area contributed by atoms with Crippen LogP contribution in [0.2, 0.25) is 0 Å². The van der Waals surface area contributed by atoms with Crippen molar-refractivity contribution in [3.63, 3.8) is 0 Å². The van der Waals surface area contributed by atoms with Gasteiger partial charge in [0.25, 0.3) is 0 Å². The maximum Gasteiger partial charge on any atom is 0.320 e. The molecule has 2 N–H and O–H groups in total. The van der Waals surface area contributed by atoms with Crippen LogP contribution in [-0.4, -0.2) is 57.4 Å². The number of nitrogens with zero attached hydrogens (tertiary/aromatic N) is 5. The smallest absolute Gasteiger partial charge is 0.320 e. The van der Waals surface area contributed by atoms with E-state index in [1.165, 1.54) is 12.8 Å². The fraction of sp³-hybridized carbons (Fsp3) is 0.478. The number of anilines is 1. The van der Waals surface area contributed by atoms with Gasteiger partial charge in [0.15, 0.2) is 0 Å². The quantitative estimate of drug-likeness (QED) is 0.607. The minimum Gasteiger partial charge on any atom is -0.335 e. The molecule has 0 unspecified atom stereocenters. The lowest BCUT2D eigenvalue weighted by Gasteiger charge is -2.16. The number of urea groups is 1. The zero-order chi connectivity index (χ0) is 21.8. The zero-order valence-electron chi connectivity index (χ0n) is 18.5. The Labute approximate surface area is 183 Å². The number of amides is 2. The molecule has 3 heterocycles. The lowest BCUT2D eigenvalue weighted by Crippen LogP contribution is -2.36. The summed E-state index contributed by atoms with van der Waals surface area (Å²) in [7, 11) is 4.17. The van der Waals surface area contributed by atoms with Crippen molar-refractivity contribution in [3.05, 3.63) is 36.8 Å². The van der Waals surface area contributed by atoms with E-state index in [9.17, 15) is 4.79 Å². The number of nitrogens with one attached hydrogen (secondary N) is 2. The second kappa shape index (κ2) is 9.43. The molecule has 0 spiro atoms. The lowest BCUT2D eigenvalue weighted by molar-refractivity contribution is 0.248. The maximum absolute atomic E-state index is 12.3. The summed E-state index contributed by atoms with van der Waals surface area (Å²) >= 11 is 0. The van der Waals surface area contributed by atoms with E-state index in [4.69, 9.17) is 0 Å². The summed E-state index contributed by atoms with van der Waals surface area (Å²) in [6, 6.07) is 5.73. The molecule has 8 heteroatoms. The molecule has 31 heavy (non-hydrogen) atoms. The van der Waals surface area contributed by atoms with Crippen LogP contribution in [0.1, 0.15) is 32.6 Å². The topological polar surface area (TPSA) is 88.0 Å². The van der Waals surface area contributed by atoms with Crippen molar-refractivity contribution in [2.75, 3.05) is 26.0 Å². The molecule has 3 aromatic rings. The predicted molar refractivity (Wildman–Crippen MR) is 123 cm³/mol. The highest BCUT2D eigenvalue weighted by Gasteiger charge is 2.17. The number of carbonyl (C=O) groups excluding carboxylic acids is 1. The molecule has 0 aromatic carbocycles. The Balaban J connectivity index is 1.46. The van der Waals surface area contributed by atoms with E-state index in [2.05, 4.69) is 51.6 Å². The van der Waals surface area contributed by atoms with Gasteiger partial charge in [-0.3, -0.25) is 15.0 Å². The molecule has 1 atom stereocenters. The van der Waals surface area contributed by atoms with Crippen molar-refractivity contribution < 1.29 is 4.79 Å². The molecule has 1 fully saturated rings. The van der Waals surface area contributed by atoms with Gasteiger partial charge in [-0.15, -0.1) is 0 Å². The predicted octanol–water partition coefficient (Wildman–Crippen LogP) is 3.76. The molecule has 1 saturated carbocycles. The molecule has 0 aliphatic heterocycles. The van der Waals surface area contributed by atoms with Crippen LogP contribution >= 0.6 is 0 Å². The second-order valence-corrected chi connectivity index (χ2v) is 8.86. The van der Waals surface area contributed by atoms with Gasteiger partial charge in [0.05, 0.1) is 17.2 Å². The maximum atomic E-state index is 12.3. The van der Waals surface area contributed by atoms with Crippen molar-refractivity contribution in [2.45, 2.75) is 45.2 Å². The monoisotopic (exact) mass is 421 g/mol. The van der Waals surface area contributed by atoms with Gasteiger partial charge >= 0.3 is 6.03 Å². The molecule has 164 valence electrons. The summed E-state index contributed by atoms with van der Waals surface area (Å²) in [5.41, 5.74) is 3.49. The van der Waals surface area contributed by atoms with E-state index in [1.54, 1.807) is 6.07 Å². The highest BCUT2D eigenvalue weighted by atomic mass is 16.2. The highest BCUT2D eigenvalue weighted by Crippen LogP contribution is 2.23. The van der Waals surface area contributed by atoms with Crippen LogP contribution in [0, 0.1) is 5.92 Å². The molecule has 1 aliphatic rings. The fourth-order valence-electron chi connectivity index (χ4n) is 4.25. The molecule has 0 radical (unpaired) electrons. The highest BCUT2D eigenvalue weighted by molar-refractivity contribution is 5.90. The van der Waals surface area contributed by atoms with Crippen molar-refractivity contribution in [3.8, 4) is 11.1 Å². The Bertz CT molecular complexity index is 1040. The lowest BCUT2D eigenvalue weighted by atomic mass is 10.1. The van der Waals surface area contributed by atoms with Crippen LogP contribution in [-0.2, 0) is 6.54 Å². The van der Waals surface area contributed by atoms with Crippen molar-refractivity contribution in [1.29, 1.82) is 0 Å². The van der Waals surface area contributed by atoms with Crippen LogP contribution in [0.5, 0.6) is 0 Å². The third-order valence-electron chi connectivity index (χ3n) is 5.61. The van der Waals surface area contributed by atoms with Gasteiger partial charge in [-0.1, -0.05) is 19.8 Å². The zero-order valence-corrected chi connectivity index (χ0v) is 18.5. The summed E-state index contributed by atoms with van der Waals surface area (Å²) in [6.07, 6.45) is 10.2. The molecule has 2 amide bonds. The number of rotatable bonds is 7. The van der Waals surface area contributed by atoms with E-state index in [1.807, 2.05) is 35.4 Å². The first-order valence-corrected chi connectivity index (χ1v) is 11.0. The third-order valence-corrected chi connectivity index (χ3v) is 5.61. The Morgan fingerprint density at radius 1 is 1.19 bits per heavy atom. The van der Waals surface area contributed by atoms with Gasteiger partial charge in [-0.05, 0) is 51.1 Å². The summed E-state index contributed by atoms with van der Waals surface area (Å²) in [5.74, 6) is 1.03. The molecule has 0 bridgehead atoms. The van der Waals surface area contributed by atoms with Crippen LogP contribution in [0.15, 0.2) is 36.8 Å². The van der Waals surface area contributed by atoms with Gasteiger partial charge < -0.3 is 10.2 Å². The molecule has 4 rings (SSSR count). The number of aromatic nitrogens is 4. The van der Waals surface area contributed by atoms with Gasteiger partial charge in [0.2, 0.25) is 0 Å². The van der Waals surface area contributed by atoms with E-state index >= 15 is 0 Å². The first kappa shape index (κ1) is 21.2. The Morgan fingerprint density at radius 3 is 2.77 bits per heavy atom. The molecular formula is C23H31N7O. The van der Waals surface area contributed by atoms with Gasteiger partial charge in [0, 0.05) is 42.7 Å². The van der Waals surface area contributed by atoms with Crippen LogP contribution in [0.4, 0.5) is 10.6 Å². The van der Waals surface area contributed by atoms with Crippen LogP contribution in [0.25, 0.3) is 22.2 Å². The molecule has 3 aromatic heterocycles. The molecule has 0 saturated heterocycles. The fourth-order valence-corrected chi connectivity index (χ4v) is 4.25. The normalized spacial score (nSPS) is 15.5. The largest absolute Gasteiger partial charge is 0.335 e. The molecular weight excluding hydrogens is 390 g/mol. The molecule has 8 nitrogen and oxygen atoms in total. The summed E-state index contributed by atoms with van der Waals surface area (Å²) in [5, 5.41) is 10.4. The SMILES string of the molecule is C[C@@H](CN(C)C)Cn1cc(-c2cnc3ccc(NC(=O)NC4CCCC4)nc3c2)cn1. The van der Waals surface area contributed by atoms with Gasteiger partial charge in [-0.25, -0.2) is 9.78 Å². The number of fused-ring (bicyclic) bond motifs is 1. The Morgan fingerprint density at radius 2 is 2.00 bits per heavy atom. The van der Waals surface area contributed by atoms with Crippen LogP contribution in [0.3, 0.4) is 0 Å². The first-order chi connectivity index (χ1) is 15.0. The van der Waals surface area contributed by atoms with Crippen molar-refractivity contribution in [1.82, 2.24) is 30.0 Å². The summed E-state index contributed by atoms with van der Waals surface area (Å²) < 4.78 is 1.98. The number of hydrogen-bond acceptors (Lipinski definition) is 5. The third kappa shape index (κ3) is 5.58. The van der Waals surface area contributed by atoms with Crippen molar-refractivity contribution >= 4 is 22.9 Å². The average Bonchev–Trinajstić information content (AvgIpc) is 3.39. The van der Waals surface area contributed by atoms with E-state index in [0.29, 0.717) is 11.7 Å². The minimum absolute atomic E-state index is 0.198. The number of hydrogen-bond donors (Lipinski definition) is 2. The summed E-state index contributed by atoms with van der Waals surface area (Å²) in [4.78, 5) is 23.6. The Hall–Kier alpha value is -3.00. The van der Waals surface area contributed by atoms with Gasteiger partial charge in [0.1, 0.15) is 5.82 Å². The van der Waals surface area contributed by atoms with E-state index in [0.717, 1.165) is 48.1 Å². The standard InChI is InChI=1S/C23H31N7O/c1-16(13-29(2)3)14-30-15-18(12-25-30)17-10-21-20(24-11-17)8-9-22(27-21)28-23(31)26-19-6-4-5-7-19/h8-12,15-16,19H,4-7,13-14H2,1-3H3,(H2,26,27,28,31)/t16-/m0/s1. The minimum atomic E-state index is -0.198. The number of carbonyl (C=O) groups is 1. The summed E-state index contributed by atoms with van der Waals surface area (Å²) in [6.45, 7) is 4.10. The molecule has 1 aliphatic carbocycles. The Kier molecular flexibility index (Phi) is 6.46. The van der Waals surface area contributed by atoms with Gasteiger partial charge in [-0.2, -0.15) is 5.10 Å². The van der Waals surface area contributed by atoms with E-state index < -0.39 is 0 Å². The average molecular weight is 422 g/mol. The van der Waals surface area contributed by atoms with Crippen molar-refractivity contribution in [2.24, 2.45) is 5.92 Å². The number of pyridine rings is 2. The van der Waals surface area contributed by atoms with Crippen LogP contribution < -0.4 is 10.6 Å². The van der Waals surface area contributed by atoms with E-state index in [-0.39, 0.29) is 12.1 Å². The second-order valence-electron chi connectivity index (χ2n) is 8.86. The first-order valence-electron chi connectivity index (χ1n) is 11.0.